The topological polar surface area (TPSA) is 79.4 Å². The molecule has 0 unspecified atom stereocenters. The maximum Gasteiger partial charge on any atom is 0.417 e. The molecule has 6 nitrogen and oxygen atoms in total. The lowest BCUT2D eigenvalue weighted by Crippen LogP contribution is -2.36. The number of carbonyl (C=O) groups excluding carboxylic acids is 1. The number of nitrogens with zero attached hydrogens (tertiary/aromatic N) is 2. The average molecular weight is 419 g/mol. The van der Waals surface area contributed by atoms with E-state index in [0.29, 0.717) is 17.0 Å². The van der Waals surface area contributed by atoms with Crippen LogP contribution in [0.3, 0.4) is 0 Å². The van der Waals surface area contributed by atoms with Crippen LogP contribution in [0.4, 0.5) is 18.3 Å². The SMILES string of the molecule is CCS(=O)(=O)N1CCc2nc(NC(=O)c3ccccc3C(F)(F)F)sc2C1. The van der Waals surface area contributed by atoms with Crippen LogP contribution in [0.15, 0.2) is 24.3 Å². The molecule has 1 aromatic carbocycles. The van der Waals surface area contributed by atoms with Gasteiger partial charge in [0.1, 0.15) is 0 Å². The zero-order valence-electron chi connectivity index (χ0n) is 14.2. The lowest BCUT2D eigenvalue weighted by Gasteiger charge is -2.24. The van der Waals surface area contributed by atoms with Gasteiger partial charge in [-0.2, -0.15) is 17.5 Å². The third-order valence-electron chi connectivity index (χ3n) is 4.15. The second-order valence-electron chi connectivity index (χ2n) is 5.87. The van der Waals surface area contributed by atoms with Crippen molar-refractivity contribution in [2.24, 2.45) is 0 Å². The minimum Gasteiger partial charge on any atom is -0.298 e. The number of fused-ring (bicyclic) bond motifs is 1. The van der Waals surface area contributed by atoms with Crippen molar-refractivity contribution < 1.29 is 26.4 Å². The Morgan fingerprint density at radius 2 is 2.04 bits per heavy atom. The fourth-order valence-electron chi connectivity index (χ4n) is 2.74. The first-order chi connectivity index (χ1) is 12.6. The van der Waals surface area contributed by atoms with E-state index in [2.05, 4.69) is 10.3 Å². The standard InChI is InChI=1S/C16H16F3N3O3S2/c1-2-27(24,25)22-8-7-12-13(9-22)26-15(20-12)21-14(23)10-5-3-4-6-11(10)16(17,18)19/h3-6H,2,7-9H2,1H3,(H,20,21,23). The van der Waals surface area contributed by atoms with Gasteiger partial charge in [0.15, 0.2) is 5.13 Å². The molecule has 0 spiro atoms. The second kappa shape index (κ2) is 7.21. The van der Waals surface area contributed by atoms with E-state index in [4.69, 9.17) is 0 Å². The van der Waals surface area contributed by atoms with Crippen LogP contribution in [0.25, 0.3) is 0 Å². The lowest BCUT2D eigenvalue weighted by molar-refractivity contribution is -0.137. The van der Waals surface area contributed by atoms with E-state index < -0.39 is 33.2 Å². The summed E-state index contributed by atoms with van der Waals surface area (Å²) >= 11 is 1.07. The van der Waals surface area contributed by atoms with Gasteiger partial charge in [-0.15, -0.1) is 11.3 Å². The number of nitrogens with one attached hydrogen (secondary N) is 1. The Bertz CT molecular complexity index is 971. The van der Waals surface area contributed by atoms with Crippen LogP contribution < -0.4 is 5.32 Å². The van der Waals surface area contributed by atoms with Crippen molar-refractivity contribution in [2.75, 3.05) is 17.6 Å². The number of anilines is 1. The third kappa shape index (κ3) is 4.14. The molecule has 1 amide bonds. The summed E-state index contributed by atoms with van der Waals surface area (Å²) in [5, 5.41) is 2.55. The zero-order chi connectivity index (χ0) is 19.8. The van der Waals surface area contributed by atoms with E-state index in [1.165, 1.54) is 16.4 Å². The van der Waals surface area contributed by atoms with Gasteiger partial charge in [-0.05, 0) is 19.1 Å². The number of hydrogen-bond acceptors (Lipinski definition) is 5. The van der Waals surface area contributed by atoms with Crippen LogP contribution in [0.5, 0.6) is 0 Å². The summed E-state index contributed by atoms with van der Waals surface area (Å²) in [5.74, 6) is -0.925. The molecule has 1 aliphatic heterocycles. The number of alkyl halides is 3. The Kier molecular flexibility index (Phi) is 5.28. The van der Waals surface area contributed by atoms with Gasteiger partial charge >= 0.3 is 6.18 Å². The summed E-state index contributed by atoms with van der Waals surface area (Å²) in [4.78, 5) is 17.2. The number of hydrogen-bond donors (Lipinski definition) is 1. The predicted octanol–water partition coefficient (Wildman–Crippen LogP) is 3.12. The summed E-state index contributed by atoms with van der Waals surface area (Å²) in [6.45, 7) is 2.00. The van der Waals surface area contributed by atoms with E-state index in [9.17, 15) is 26.4 Å². The molecule has 11 heteroatoms. The van der Waals surface area contributed by atoms with Gasteiger partial charge in [0.05, 0.1) is 22.6 Å². The molecule has 2 aromatic rings. The highest BCUT2D eigenvalue weighted by Crippen LogP contribution is 2.33. The smallest absolute Gasteiger partial charge is 0.298 e. The largest absolute Gasteiger partial charge is 0.417 e. The first-order valence-corrected chi connectivity index (χ1v) is 10.5. The van der Waals surface area contributed by atoms with E-state index in [0.717, 1.165) is 23.5 Å². The molecule has 0 aliphatic carbocycles. The van der Waals surface area contributed by atoms with Crippen molar-refractivity contribution >= 4 is 32.4 Å². The summed E-state index contributed by atoms with van der Waals surface area (Å²) in [5.41, 5.74) is -0.862. The van der Waals surface area contributed by atoms with Gasteiger partial charge in [-0.1, -0.05) is 12.1 Å². The van der Waals surface area contributed by atoms with E-state index in [1.54, 1.807) is 6.92 Å². The minimum absolute atomic E-state index is 0.0149. The van der Waals surface area contributed by atoms with Crippen molar-refractivity contribution in [3.63, 3.8) is 0 Å². The van der Waals surface area contributed by atoms with E-state index in [1.807, 2.05) is 0 Å². The van der Waals surface area contributed by atoms with Crippen LogP contribution in [0.2, 0.25) is 0 Å². The number of rotatable bonds is 4. The maximum absolute atomic E-state index is 13.1. The molecule has 0 bridgehead atoms. The van der Waals surface area contributed by atoms with Crippen molar-refractivity contribution in [1.29, 1.82) is 0 Å². The molecule has 0 radical (unpaired) electrons. The van der Waals surface area contributed by atoms with Gasteiger partial charge < -0.3 is 0 Å². The summed E-state index contributed by atoms with van der Waals surface area (Å²) in [6, 6.07) is 4.51. The Balaban J connectivity index is 1.81. The molecule has 1 aliphatic rings. The van der Waals surface area contributed by atoms with Gasteiger partial charge in [0, 0.05) is 24.4 Å². The molecule has 0 fully saturated rings. The number of sulfonamides is 1. The van der Waals surface area contributed by atoms with Gasteiger partial charge in [0.2, 0.25) is 10.0 Å². The van der Waals surface area contributed by atoms with Gasteiger partial charge in [-0.3, -0.25) is 10.1 Å². The molecular weight excluding hydrogens is 403 g/mol. The molecule has 1 N–H and O–H groups in total. The molecule has 27 heavy (non-hydrogen) atoms. The number of amides is 1. The fraction of sp³-hybridized carbons (Fsp3) is 0.375. The second-order valence-corrected chi connectivity index (χ2v) is 9.21. The predicted molar refractivity (Wildman–Crippen MR) is 95.1 cm³/mol. The number of halogens is 3. The summed E-state index contributed by atoms with van der Waals surface area (Å²) < 4.78 is 64.5. The normalized spacial score (nSPS) is 15.4. The van der Waals surface area contributed by atoms with Gasteiger partial charge in [-0.25, -0.2) is 13.4 Å². The maximum atomic E-state index is 13.1. The number of aromatic nitrogens is 1. The number of thiazole rings is 1. The average Bonchev–Trinajstić information content (AvgIpc) is 3.02. The Labute approximate surface area is 158 Å². The molecule has 3 rings (SSSR count). The molecule has 2 heterocycles. The Morgan fingerprint density at radius 3 is 2.70 bits per heavy atom. The van der Waals surface area contributed by atoms with Crippen LogP contribution >= 0.6 is 11.3 Å². The van der Waals surface area contributed by atoms with Crippen molar-refractivity contribution in [1.82, 2.24) is 9.29 Å². The summed E-state index contributed by atoms with van der Waals surface area (Å²) in [7, 11) is -3.34. The van der Waals surface area contributed by atoms with Crippen LogP contribution in [-0.4, -0.2) is 35.9 Å². The van der Waals surface area contributed by atoms with E-state index >= 15 is 0 Å². The highest BCUT2D eigenvalue weighted by molar-refractivity contribution is 7.89. The molecule has 0 atom stereocenters. The molecule has 1 aromatic heterocycles. The fourth-order valence-corrected chi connectivity index (χ4v) is 4.90. The monoisotopic (exact) mass is 419 g/mol. The van der Waals surface area contributed by atoms with Crippen molar-refractivity contribution in [3.8, 4) is 0 Å². The lowest BCUT2D eigenvalue weighted by atomic mass is 10.1. The quantitative estimate of drug-likeness (QED) is 0.826. The minimum atomic E-state index is -4.65. The van der Waals surface area contributed by atoms with Crippen LogP contribution in [0.1, 0.15) is 33.4 Å². The van der Waals surface area contributed by atoms with Crippen LogP contribution in [-0.2, 0) is 29.2 Å². The Hall–Kier alpha value is -1.98. The number of carbonyl (C=O) groups is 1. The van der Waals surface area contributed by atoms with Crippen molar-refractivity contribution in [2.45, 2.75) is 26.1 Å². The number of benzene rings is 1. The molecule has 0 saturated carbocycles. The first kappa shape index (κ1) is 19.8. The van der Waals surface area contributed by atoms with Gasteiger partial charge in [0.25, 0.3) is 5.91 Å². The summed E-state index contributed by atoms with van der Waals surface area (Å²) in [6.07, 6.45) is -4.26. The molecular formula is C16H16F3N3O3S2. The molecule has 0 saturated heterocycles. The Morgan fingerprint density at radius 1 is 1.33 bits per heavy atom. The van der Waals surface area contributed by atoms with Crippen LogP contribution in [0, 0.1) is 0 Å². The van der Waals surface area contributed by atoms with E-state index in [-0.39, 0.29) is 24.0 Å². The highest BCUT2D eigenvalue weighted by atomic mass is 32.2. The molecule has 146 valence electrons. The third-order valence-corrected chi connectivity index (χ3v) is 6.98. The first-order valence-electron chi connectivity index (χ1n) is 8.06. The van der Waals surface area contributed by atoms with Crippen molar-refractivity contribution in [3.05, 3.63) is 46.0 Å². The highest BCUT2D eigenvalue weighted by Gasteiger charge is 2.35. The zero-order valence-corrected chi connectivity index (χ0v) is 15.8.